The molecule has 0 bridgehead atoms. The number of phenolic OH excluding ortho intramolecular Hbond substituents is 2. The Labute approximate surface area is 247 Å². The molecule has 0 atom stereocenters. The van der Waals surface area contributed by atoms with Gasteiger partial charge in [0.15, 0.2) is 11.5 Å². The number of aromatic nitrogens is 2. The van der Waals surface area contributed by atoms with Crippen LogP contribution in [0.2, 0.25) is 0 Å². The number of rotatable bonds is 14. The lowest BCUT2D eigenvalue weighted by molar-refractivity contribution is 0.470. The zero-order valence-electron chi connectivity index (χ0n) is 25.1. The molecule has 6 nitrogen and oxygen atoms in total. The lowest BCUT2D eigenvalue weighted by Crippen LogP contribution is -2.16. The molecule has 0 saturated carbocycles. The molecule has 0 radical (unpaired) electrons. The van der Waals surface area contributed by atoms with Crippen molar-refractivity contribution in [2.45, 2.75) is 104 Å². The minimum Gasteiger partial charge on any atom is -0.505 e. The third-order valence-electron chi connectivity index (χ3n) is 8.74. The molecule has 3 aromatic carbocycles. The van der Waals surface area contributed by atoms with Gasteiger partial charge in [-0.05, 0) is 37.1 Å². The van der Waals surface area contributed by atoms with Crippen molar-refractivity contribution in [3.63, 3.8) is 0 Å². The van der Waals surface area contributed by atoms with Gasteiger partial charge in [0.25, 0.3) is 0 Å². The molecule has 0 spiro atoms. The molecule has 2 heterocycles. The maximum atomic E-state index is 14.0. The van der Waals surface area contributed by atoms with Gasteiger partial charge in [0.05, 0.1) is 32.8 Å². The van der Waals surface area contributed by atoms with Crippen molar-refractivity contribution in [1.29, 1.82) is 0 Å². The van der Waals surface area contributed by atoms with E-state index in [4.69, 9.17) is 0 Å². The van der Waals surface area contributed by atoms with E-state index in [0.717, 1.165) is 38.5 Å². The summed E-state index contributed by atoms with van der Waals surface area (Å²) < 4.78 is 3.88. The number of pyridine rings is 2. The third-order valence-corrected chi connectivity index (χ3v) is 8.74. The van der Waals surface area contributed by atoms with Gasteiger partial charge in [-0.2, -0.15) is 0 Å². The first-order valence-corrected chi connectivity index (χ1v) is 16.0. The Kier molecular flexibility index (Phi) is 9.51. The Bertz CT molecular complexity index is 1700. The fourth-order valence-electron chi connectivity index (χ4n) is 6.53. The molecule has 2 aromatic heterocycles. The highest BCUT2D eigenvalue weighted by molar-refractivity contribution is 6.13. The normalized spacial score (nSPS) is 11.9. The van der Waals surface area contributed by atoms with Crippen LogP contribution < -0.4 is 10.9 Å². The number of aryl methyl sites for hydroxylation is 2. The average Bonchev–Trinajstić information content (AvgIpc) is 3.01. The van der Waals surface area contributed by atoms with Gasteiger partial charge >= 0.3 is 0 Å². The molecule has 5 rings (SSSR count). The average molecular weight is 569 g/mol. The molecular formula is C36H44N2O4. The Morgan fingerprint density at radius 1 is 0.524 bits per heavy atom. The minimum atomic E-state index is -0.332. The highest BCUT2D eigenvalue weighted by atomic mass is 16.3. The molecule has 0 aliphatic heterocycles. The van der Waals surface area contributed by atoms with Crippen LogP contribution >= 0.6 is 0 Å². The van der Waals surface area contributed by atoms with Gasteiger partial charge in [-0.3, -0.25) is 9.59 Å². The Morgan fingerprint density at radius 3 is 1.29 bits per heavy atom. The van der Waals surface area contributed by atoms with Crippen molar-refractivity contribution in [3.05, 3.63) is 69.0 Å². The monoisotopic (exact) mass is 568 g/mol. The summed E-state index contributed by atoms with van der Waals surface area (Å²) >= 11 is 0. The smallest absolute Gasteiger partial charge is 0.201 e. The van der Waals surface area contributed by atoms with Gasteiger partial charge in [-0.15, -0.1) is 0 Å². The maximum absolute atomic E-state index is 14.0. The SMILES string of the molecule is CCCCCCCCn1c2ccccc2c(=O)c2c(O)c3c(c(O)c21)c(=O)c1ccccc1n3CCCCCCCC. The van der Waals surface area contributed by atoms with Crippen molar-refractivity contribution in [2.24, 2.45) is 0 Å². The van der Waals surface area contributed by atoms with E-state index in [1.165, 1.54) is 38.5 Å². The lowest BCUT2D eigenvalue weighted by Gasteiger charge is -2.21. The summed E-state index contributed by atoms with van der Waals surface area (Å²) in [5.74, 6) is -0.446. The van der Waals surface area contributed by atoms with Crippen LogP contribution in [0.3, 0.4) is 0 Å². The molecule has 0 amide bonds. The summed E-state index contributed by atoms with van der Waals surface area (Å²) in [4.78, 5) is 27.9. The summed E-state index contributed by atoms with van der Waals surface area (Å²) in [6, 6.07) is 14.7. The first kappa shape index (κ1) is 29.7. The van der Waals surface area contributed by atoms with E-state index in [0.29, 0.717) is 34.9 Å². The highest BCUT2D eigenvalue weighted by Gasteiger charge is 2.25. The quantitative estimate of drug-likeness (QED) is 0.0797. The maximum Gasteiger partial charge on any atom is 0.201 e. The van der Waals surface area contributed by atoms with Crippen LogP contribution in [0.5, 0.6) is 11.5 Å². The number of phenols is 2. The van der Waals surface area contributed by atoms with Crippen LogP contribution in [0.1, 0.15) is 90.9 Å². The van der Waals surface area contributed by atoms with Crippen LogP contribution in [0.25, 0.3) is 43.6 Å². The Hall–Kier alpha value is -3.80. The van der Waals surface area contributed by atoms with Crippen molar-refractivity contribution in [2.75, 3.05) is 0 Å². The van der Waals surface area contributed by atoms with Gasteiger partial charge in [0, 0.05) is 23.9 Å². The van der Waals surface area contributed by atoms with E-state index in [2.05, 4.69) is 13.8 Å². The van der Waals surface area contributed by atoms with E-state index in [-0.39, 0.29) is 44.2 Å². The fraction of sp³-hybridized carbons (Fsp3) is 0.444. The zero-order valence-corrected chi connectivity index (χ0v) is 25.1. The minimum absolute atomic E-state index is 0.0797. The number of fused-ring (bicyclic) bond motifs is 4. The Morgan fingerprint density at radius 2 is 0.881 bits per heavy atom. The number of aromatic hydroxyl groups is 2. The summed E-state index contributed by atoms with van der Waals surface area (Å²) in [7, 11) is 0. The number of nitrogens with zero attached hydrogens (tertiary/aromatic N) is 2. The van der Waals surface area contributed by atoms with Crippen molar-refractivity contribution in [1.82, 2.24) is 9.13 Å². The molecular weight excluding hydrogens is 524 g/mol. The second-order valence-corrected chi connectivity index (χ2v) is 11.7. The van der Waals surface area contributed by atoms with Crippen LogP contribution in [-0.4, -0.2) is 19.3 Å². The lowest BCUT2D eigenvalue weighted by atomic mass is 10.0. The molecule has 0 aliphatic carbocycles. The van der Waals surface area contributed by atoms with Crippen LogP contribution in [0.15, 0.2) is 58.1 Å². The largest absolute Gasteiger partial charge is 0.505 e. The van der Waals surface area contributed by atoms with Crippen LogP contribution in [0, 0.1) is 0 Å². The number of unbranched alkanes of at least 4 members (excludes halogenated alkanes) is 10. The predicted molar refractivity (Wildman–Crippen MR) is 175 cm³/mol. The highest BCUT2D eigenvalue weighted by Crippen LogP contribution is 2.41. The molecule has 42 heavy (non-hydrogen) atoms. The summed E-state index contributed by atoms with van der Waals surface area (Å²) in [6.45, 7) is 5.54. The van der Waals surface area contributed by atoms with Gasteiger partial charge in [0.2, 0.25) is 10.9 Å². The van der Waals surface area contributed by atoms with E-state index in [9.17, 15) is 19.8 Å². The van der Waals surface area contributed by atoms with Gasteiger partial charge < -0.3 is 19.3 Å². The number of hydrogen-bond donors (Lipinski definition) is 2. The summed E-state index contributed by atoms with van der Waals surface area (Å²) in [6.07, 6.45) is 13.2. The third kappa shape index (κ3) is 5.51. The fourth-order valence-corrected chi connectivity index (χ4v) is 6.53. The second-order valence-electron chi connectivity index (χ2n) is 11.7. The first-order chi connectivity index (χ1) is 20.5. The molecule has 6 heteroatoms. The topological polar surface area (TPSA) is 84.5 Å². The molecule has 0 fully saturated rings. The first-order valence-electron chi connectivity index (χ1n) is 16.0. The van der Waals surface area contributed by atoms with Gasteiger partial charge in [0.1, 0.15) is 0 Å². The van der Waals surface area contributed by atoms with E-state index in [1.807, 2.05) is 45.5 Å². The molecule has 0 unspecified atom stereocenters. The standard InChI is InChI=1S/C36H44N2O4/c1-3-5-7-9-11-17-23-37-27-21-15-13-19-25(27)33(39)29-31(37)35(41)30-32(36(29)42)38(24-18-12-10-8-6-4-2)28-22-16-14-20-26(28)34(30)40/h13-16,19-22,41-42H,3-12,17-18,23-24H2,1-2H3. The number of hydrogen-bond acceptors (Lipinski definition) is 4. The molecule has 0 aliphatic rings. The summed E-state index contributed by atoms with van der Waals surface area (Å²) in [5, 5.41) is 25.0. The number of para-hydroxylation sites is 2. The van der Waals surface area contributed by atoms with E-state index >= 15 is 0 Å². The van der Waals surface area contributed by atoms with Crippen LogP contribution in [-0.2, 0) is 13.1 Å². The predicted octanol–water partition coefficient (Wildman–Crippen LogP) is 8.76. The van der Waals surface area contributed by atoms with E-state index < -0.39 is 0 Å². The van der Waals surface area contributed by atoms with Crippen molar-refractivity contribution < 1.29 is 10.2 Å². The molecule has 2 N–H and O–H groups in total. The summed E-state index contributed by atoms with van der Waals surface area (Å²) in [5.41, 5.74) is 1.23. The van der Waals surface area contributed by atoms with Crippen molar-refractivity contribution in [3.8, 4) is 11.5 Å². The van der Waals surface area contributed by atoms with Crippen molar-refractivity contribution >= 4 is 43.6 Å². The van der Waals surface area contributed by atoms with E-state index in [1.54, 1.807) is 12.1 Å². The van der Waals surface area contributed by atoms with Gasteiger partial charge in [-0.1, -0.05) is 102 Å². The molecule has 222 valence electrons. The second kappa shape index (κ2) is 13.5. The molecule has 0 saturated heterocycles. The Balaban J connectivity index is 1.75. The number of benzene rings is 3. The van der Waals surface area contributed by atoms with Gasteiger partial charge in [-0.25, -0.2) is 0 Å². The zero-order chi connectivity index (χ0) is 29.6. The molecule has 5 aromatic rings. The van der Waals surface area contributed by atoms with Crippen LogP contribution in [0.4, 0.5) is 0 Å².